The highest BCUT2D eigenvalue weighted by Crippen LogP contribution is 2.30. The van der Waals surface area contributed by atoms with Crippen LogP contribution in [0.1, 0.15) is 19.3 Å². The molecule has 0 bridgehead atoms. The molecule has 4 nitrogen and oxygen atoms in total. The van der Waals surface area contributed by atoms with Crippen molar-refractivity contribution in [2.75, 3.05) is 37.0 Å². The van der Waals surface area contributed by atoms with Gasteiger partial charge >= 0.3 is 0 Å². The molecular weight excluding hydrogens is 348 g/mol. The summed E-state index contributed by atoms with van der Waals surface area (Å²) in [4.78, 5) is 16.7. The lowest BCUT2D eigenvalue weighted by Crippen LogP contribution is -2.30. The summed E-state index contributed by atoms with van der Waals surface area (Å²) in [7, 11) is 5.35. The number of nitrogens with zero attached hydrogens (tertiary/aromatic N) is 3. The van der Waals surface area contributed by atoms with Crippen LogP contribution < -0.4 is 15.2 Å². The highest BCUT2D eigenvalue weighted by Gasteiger charge is 2.19. The molecule has 1 fully saturated rings. The van der Waals surface area contributed by atoms with Crippen molar-refractivity contribution >= 4 is 33.2 Å². The topological polar surface area (TPSA) is 28.5 Å². The highest BCUT2D eigenvalue weighted by atomic mass is 19.1. The third kappa shape index (κ3) is 2.83. The van der Waals surface area contributed by atoms with Crippen molar-refractivity contribution in [2.45, 2.75) is 19.3 Å². The molecule has 3 aromatic rings. The van der Waals surface area contributed by atoms with E-state index in [1.165, 1.54) is 12.1 Å². The molecule has 0 unspecified atom stereocenters. The fourth-order valence-electron chi connectivity index (χ4n) is 4.02. The monoisotopic (exact) mass is 371 g/mol. The number of aromatic nitrogens is 1. The summed E-state index contributed by atoms with van der Waals surface area (Å²) < 4.78 is 31.0. The minimum Gasteiger partial charge on any atom is -0.375 e. The number of halogens is 2. The fourth-order valence-corrected chi connectivity index (χ4v) is 4.02. The highest BCUT2D eigenvalue weighted by molar-refractivity contribution is 5.96. The van der Waals surface area contributed by atoms with Crippen LogP contribution in [0.3, 0.4) is 0 Å². The van der Waals surface area contributed by atoms with E-state index >= 15 is 0 Å². The van der Waals surface area contributed by atoms with Crippen molar-refractivity contribution in [3.8, 4) is 0 Å². The third-order valence-corrected chi connectivity index (χ3v) is 5.52. The van der Waals surface area contributed by atoms with E-state index in [0.29, 0.717) is 22.4 Å². The molecule has 0 amide bonds. The van der Waals surface area contributed by atoms with Crippen LogP contribution in [0.5, 0.6) is 0 Å². The zero-order chi connectivity index (χ0) is 19.3. The minimum atomic E-state index is -0.464. The first-order valence-electron chi connectivity index (χ1n) is 9.26. The van der Waals surface area contributed by atoms with E-state index in [1.54, 1.807) is 31.1 Å². The molecule has 1 aliphatic heterocycles. The number of hydrogen-bond donors (Lipinski definition) is 0. The second kappa shape index (κ2) is 6.51. The molecule has 1 aliphatic rings. The molecule has 142 valence electrons. The number of pyridine rings is 1. The average Bonchev–Trinajstić information content (AvgIpc) is 2.66. The summed E-state index contributed by atoms with van der Waals surface area (Å²) in [5.41, 5.74) is 1.90. The molecule has 6 heteroatoms. The van der Waals surface area contributed by atoms with Gasteiger partial charge in [-0.3, -0.25) is 4.79 Å². The van der Waals surface area contributed by atoms with Gasteiger partial charge in [0.2, 0.25) is 0 Å². The summed E-state index contributed by atoms with van der Waals surface area (Å²) in [5, 5.41) is 0.540. The number of piperidine rings is 1. The Morgan fingerprint density at radius 2 is 1.48 bits per heavy atom. The van der Waals surface area contributed by atoms with Gasteiger partial charge in [-0.05, 0) is 43.5 Å². The van der Waals surface area contributed by atoms with E-state index in [1.807, 2.05) is 16.5 Å². The Bertz CT molecular complexity index is 1100. The zero-order valence-corrected chi connectivity index (χ0v) is 15.9. The van der Waals surface area contributed by atoms with Gasteiger partial charge in [-0.1, -0.05) is 0 Å². The van der Waals surface area contributed by atoms with Gasteiger partial charge in [0, 0.05) is 45.0 Å². The Morgan fingerprint density at radius 1 is 0.889 bits per heavy atom. The van der Waals surface area contributed by atoms with Crippen LogP contribution in [0, 0.1) is 11.6 Å². The summed E-state index contributed by atoms with van der Waals surface area (Å²) in [6.07, 6.45) is 3.24. The molecule has 0 radical (unpaired) electrons. The molecule has 4 rings (SSSR count). The molecule has 0 atom stereocenters. The van der Waals surface area contributed by atoms with Crippen LogP contribution in [0.15, 0.2) is 29.1 Å². The molecule has 0 saturated carbocycles. The van der Waals surface area contributed by atoms with Crippen molar-refractivity contribution < 1.29 is 8.78 Å². The molecule has 1 saturated heterocycles. The van der Waals surface area contributed by atoms with Gasteiger partial charge in [-0.15, -0.1) is 0 Å². The summed E-state index contributed by atoms with van der Waals surface area (Å²) in [6, 6.07) is 5.99. The normalized spacial score (nSPS) is 14.9. The maximum absolute atomic E-state index is 14.8. The van der Waals surface area contributed by atoms with E-state index in [4.69, 9.17) is 0 Å². The van der Waals surface area contributed by atoms with Crippen molar-refractivity contribution in [1.29, 1.82) is 0 Å². The Morgan fingerprint density at radius 3 is 2.11 bits per heavy atom. The Hall–Kier alpha value is -2.63. The maximum Gasteiger partial charge on any atom is 0.197 e. The molecule has 2 aromatic carbocycles. The first-order valence-corrected chi connectivity index (χ1v) is 9.26. The fraction of sp³-hybridized carbons (Fsp3) is 0.381. The first-order chi connectivity index (χ1) is 12.9. The van der Waals surface area contributed by atoms with Gasteiger partial charge < -0.3 is 14.4 Å². The van der Waals surface area contributed by atoms with E-state index in [2.05, 4.69) is 0 Å². The van der Waals surface area contributed by atoms with Crippen molar-refractivity contribution in [3.63, 3.8) is 0 Å². The molecule has 0 N–H and O–H groups in total. The maximum atomic E-state index is 14.8. The molecule has 0 spiro atoms. The summed E-state index contributed by atoms with van der Waals surface area (Å²) in [6.45, 7) is 1.64. The average molecular weight is 371 g/mol. The lowest BCUT2D eigenvalue weighted by atomic mass is 10.1. The standard InChI is InChI=1S/C21H23F2N3O/c1-24(2)19-11-17-13(9-15(19)22)21(27)14-10-16(23)20(12-18(14)25(17)3)26-7-5-4-6-8-26/h9-12H,4-8H2,1-3H3. The zero-order valence-electron chi connectivity index (χ0n) is 15.9. The Labute approximate surface area is 156 Å². The van der Waals surface area contributed by atoms with Crippen LogP contribution >= 0.6 is 0 Å². The van der Waals surface area contributed by atoms with Gasteiger partial charge in [-0.2, -0.15) is 0 Å². The summed E-state index contributed by atoms with van der Waals surface area (Å²) in [5.74, 6) is -0.861. The van der Waals surface area contributed by atoms with Gasteiger partial charge in [0.15, 0.2) is 5.43 Å². The predicted molar refractivity (Wildman–Crippen MR) is 107 cm³/mol. The van der Waals surface area contributed by atoms with Crippen molar-refractivity contribution in [3.05, 3.63) is 46.1 Å². The Kier molecular flexibility index (Phi) is 4.29. The Balaban J connectivity index is 2.03. The van der Waals surface area contributed by atoms with Crippen LogP contribution in [-0.4, -0.2) is 31.8 Å². The van der Waals surface area contributed by atoms with E-state index < -0.39 is 11.6 Å². The number of hydrogen-bond acceptors (Lipinski definition) is 3. The van der Waals surface area contributed by atoms with E-state index in [-0.39, 0.29) is 16.2 Å². The third-order valence-electron chi connectivity index (χ3n) is 5.52. The molecular formula is C21H23F2N3O. The number of fused-ring (bicyclic) bond motifs is 2. The minimum absolute atomic E-state index is 0.262. The second-order valence-corrected chi connectivity index (χ2v) is 7.47. The van der Waals surface area contributed by atoms with Gasteiger partial charge in [0.05, 0.1) is 22.4 Å². The number of rotatable bonds is 2. The predicted octanol–water partition coefficient (Wildman–Crippen LogP) is 4.03. The lowest BCUT2D eigenvalue weighted by molar-refractivity contribution is 0.557. The second-order valence-electron chi connectivity index (χ2n) is 7.47. The van der Waals surface area contributed by atoms with Crippen LogP contribution in [-0.2, 0) is 7.05 Å². The molecule has 2 heterocycles. The van der Waals surface area contributed by atoms with Crippen molar-refractivity contribution in [1.82, 2.24) is 4.57 Å². The van der Waals surface area contributed by atoms with Gasteiger partial charge in [-0.25, -0.2) is 8.78 Å². The molecule has 0 aliphatic carbocycles. The summed E-state index contributed by atoms with van der Waals surface area (Å²) >= 11 is 0. The van der Waals surface area contributed by atoms with Crippen molar-refractivity contribution in [2.24, 2.45) is 7.05 Å². The first kappa shape index (κ1) is 17.8. The van der Waals surface area contributed by atoms with Gasteiger partial charge in [0.25, 0.3) is 0 Å². The smallest absolute Gasteiger partial charge is 0.197 e. The van der Waals surface area contributed by atoms with E-state index in [9.17, 15) is 13.6 Å². The number of benzene rings is 2. The largest absolute Gasteiger partial charge is 0.375 e. The number of aryl methyl sites for hydroxylation is 1. The lowest BCUT2D eigenvalue weighted by Gasteiger charge is -2.29. The quantitative estimate of drug-likeness (QED) is 0.637. The number of anilines is 2. The SMILES string of the molecule is CN(C)c1cc2c(cc1F)c(=O)c1cc(F)c(N3CCCCC3)cc1n2C. The van der Waals surface area contributed by atoms with Gasteiger partial charge in [0.1, 0.15) is 11.6 Å². The van der Waals surface area contributed by atoms with Crippen LogP contribution in [0.25, 0.3) is 21.8 Å². The molecule has 27 heavy (non-hydrogen) atoms. The van der Waals surface area contributed by atoms with Crippen LogP contribution in [0.2, 0.25) is 0 Å². The van der Waals surface area contributed by atoms with E-state index in [0.717, 1.165) is 32.4 Å². The molecule has 1 aromatic heterocycles. The van der Waals surface area contributed by atoms with Crippen LogP contribution in [0.4, 0.5) is 20.2 Å².